The first-order chi connectivity index (χ1) is 28.7. The predicted octanol–water partition coefficient (Wildman–Crippen LogP) is 16.2. The third-order valence-electron chi connectivity index (χ3n) is 12.4. The van der Waals surface area contributed by atoms with Gasteiger partial charge in [0.25, 0.3) is 0 Å². The molecule has 0 N–H and O–H groups in total. The highest BCUT2D eigenvalue weighted by Crippen LogP contribution is 2.48. The summed E-state index contributed by atoms with van der Waals surface area (Å²) in [6.07, 6.45) is 0. The number of fused-ring (bicyclic) bond motifs is 7. The summed E-state index contributed by atoms with van der Waals surface area (Å²) in [5, 5.41) is 14.3. The van der Waals surface area contributed by atoms with Crippen LogP contribution in [0.1, 0.15) is 0 Å². The molecule has 0 aliphatic rings. The van der Waals surface area contributed by atoms with Crippen LogP contribution in [-0.4, -0.2) is 0 Å². The van der Waals surface area contributed by atoms with Crippen LogP contribution in [0.2, 0.25) is 0 Å². The Hall–Kier alpha value is -7.68. The van der Waals surface area contributed by atoms with Crippen molar-refractivity contribution in [3.63, 3.8) is 0 Å². The van der Waals surface area contributed by atoms with Crippen LogP contribution in [0, 0.1) is 0 Å². The highest BCUT2D eigenvalue weighted by atomic mass is 16.3. The number of hydrogen-bond acceptors (Lipinski definition) is 2. The molecule has 11 aromatic carbocycles. The van der Waals surface area contributed by atoms with Crippen molar-refractivity contribution in [1.82, 2.24) is 0 Å². The molecule has 0 fully saturated rings. The highest BCUT2D eigenvalue weighted by molar-refractivity contribution is 6.30. The molecule has 0 spiro atoms. The van der Waals surface area contributed by atoms with Crippen molar-refractivity contribution in [2.75, 3.05) is 0 Å². The molecule has 0 atom stereocenters. The fourth-order valence-electron chi connectivity index (χ4n) is 9.78. The van der Waals surface area contributed by atoms with Crippen LogP contribution in [0.3, 0.4) is 0 Å². The summed E-state index contributed by atoms with van der Waals surface area (Å²) in [5.74, 6) is 0. The van der Waals surface area contributed by atoms with Gasteiger partial charge in [0.1, 0.15) is 22.3 Å². The van der Waals surface area contributed by atoms with Gasteiger partial charge >= 0.3 is 0 Å². The lowest BCUT2D eigenvalue weighted by Gasteiger charge is -2.19. The van der Waals surface area contributed by atoms with E-state index in [1.807, 2.05) is 12.1 Å². The maximum atomic E-state index is 6.69. The summed E-state index contributed by atoms with van der Waals surface area (Å²) >= 11 is 0. The minimum atomic E-state index is 0.896. The zero-order chi connectivity index (χ0) is 37.9. The number of hydrogen-bond donors (Lipinski definition) is 0. The van der Waals surface area contributed by atoms with Gasteiger partial charge in [0, 0.05) is 32.7 Å². The monoisotopic (exact) mass is 736 g/mol. The molecule has 0 aliphatic heterocycles. The first-order valence-electron chi connectivity index (χ1n) is 19.9. The fraction of sp³-hybridized carbons (Fsp3) is 0. The van der Waals surface area contributed by atoms with E-state index in [4.69, 9.17) is 8.83 Å². The van der Waals surface area contributed by atoms with Crippen molar-refractivity contribution in [1.29, 1.82) is 0 Å². The summed E-state index contributed by atoms with van der Waals surface area (Å²) in [7, 11) is 0. The van der Waals surface area contributed by atoms with E-state index in [0.717, 1.165) is 66.1 Å². The Morgan fingerprint density at radius 3 is 1.40 bits per heavy atom. The molecule has 2 heterocycles. The Labute approximate surface area is 333 Å². The van der Waals surface area contributed by atoms with Gasteiger partial charge in [-0.25, -0.2) is 0 Å². The number of para-hydroxylation sites is 4. The molecule has 58 heavy (non-hydrogen) atoms. The molecule has 0 unspecified atom stereocenters. The van der Waals surface area contributed by atoms with Crippen molar-refractivity contribution >= 4 is 87.0 Å². The minimum Gasteiger partial charge on any atom is -0.455 e. The van der Waals surface area contributed by atoms with Crippen molar-refractivity contribution < 1.29 is 8.83 Å². The van der Waals surface area contributed by atoms with E-state index in [1.165, 1.54) is 65.3 Å². The molecule has 2 aromatic heterocycles. The van der Waals surface area contributed by atoms with E-state index in [2.05, 4.69) is 182 Å². The Bertz CT molecular complexity index is 3610. The van der Waals surface area contributed by atoms with Crippen LogP contribution >= 0.6 is 0 Å². The first kappa shape index (κ1) is 31.5. The SMILES string of the molecule is c1ccc(-c2cccc3cc(-c4cc5ccc6c(-c7cccc8c7oc7ccccc78)cc(-c7cccc8c7oc7ccccc78)c7ccc(c4)c5c67)ccc23)cc1. The van der Waals surface area contributed by atoms with E-state index >= 15 is 0 Å². The maximum Gasteiger partial charge on any atom is 0.143 e. The normalized spacial score (nSPS) is 12.1. The van der Waals surface area contributed by atoms with Crippen LogP contribution in [0.5, 0.6) is 0 Å². The van der Waals surface area contributed by atoms with Crippen LogP contribution in [0.15, 0.2) is 203 Å². The largest absolute Gasteiger partial charge is 0.455 e. The van der Waals surface area contributed by atoms with E-state index in [0.29, 0.717) is 0 Å². The summed E-state index contributed by atoms with van der Waals surface area (Å²) in [4.78, 5) is 0. The molecule has 0 aliphatic carbocycles. The van der Waals surface area contributed by atoms with Gasteiger partial charge in [0.05, 0.1) is 0 Å². The smallest absolute Gasteiger partial charge is 0.143 e. The van der Waals surface area contributed by atoms with Crippen molar-refractivity contribution in [2.24, 2.45) is 0 Å². The molecule has 2 nitrogen and oxygen atoms in total. The van der Waals surface area contributed by atoms with Crippen LogP contribution in [0.25, 0.3) is 131 Å². The molecule has 0 radical (unpaired) electrons. The van der Waals surface area contributed by atoms with Crippen molar-refractivity contribution in [3.8, 4) is 44.5 Å². The zero-order valence-corrected chi connectivity index (χ0v) is 31.3. The van der Waals surface area contributed by atoms with Gasteiger partial charge in [-0.05, 0) is 113 Å². The molecule has 0 saturated heterocycles. The van der Waals surface area contributed by atoms with Crippen molar-refractivity contribution in [3.05, 3.63) is 194 Å². The third kappa shape index (κ3) is 4.48. The quantitative estimate of drug-likeness (QED) is 0.168. The van der Waals surface area contributed by atoms with E-state index in [1.54, 1.807) is 0 Å². The molecule has 2 heteroatoms. The predicted molar refractivity (Wildman–Crippen MR) is 244 cm³/mol. The average Bonchev–Trinajstić information content (AvgIpc) is 3.87. The number of benzene rings is 11. The second kappa shape index (κ2) is 11.9. The van der Waals surface area contributed by atoms with Crippen LogP contribution in [-0.2, 0) is 0 Å². The van der Waals surface area contributed by atoms with Crippen LogP contribution < -0.4 is 0 Å². The summed E-state index contributed by atoms with van der Waals surface area (Å²) in [6.45, 7) is 0. The first-order valence-corrected chi connectivity index (χ1v) is 19.9. The Kier molecular flexibility index (Phi) is 6.47. The Morgan fingerprint density at radius 2 is 0.759 bits per heavy atom. The number of rotatable bonds is 4. The molecule has 0 saturated carbocycles. The van der Waals surface area contributed by atoms with Crippen molar-refractivity contribution in [2.45, 2.75) is 0 Å². The van der Waals surface area contributed by atoms with Crippen LogP contribution in [0.4, 0.5) is 0 Å². The van der Waals surface area contributed by atoms with Gasteiger partial charge in [-0.15, -0.1) is 0 Å². The third-order valence-corrected chi connectivity index (χ3v) is 12.4. The van der Waals surface area contributed by atoms with Gasteiger partial charge in [-0.3, -0.25) is 0 Å². The Balaban J connectivity index is 1.08. The second-order valence-electron chi connectivity index (χ2n) is 15.5. The molecule has 0 bridgehead atoms. The highest BCUT2D eigenvalue weighted by Gasteiger charge is 2.22. The molecule has 268 valence electrons. The average molecular weight is 737 g/mol. The maximum absolute atomic E-state index is 6.69. The lowest BCUT2D eigenvalue weighted by atomic mass is 9.84. The summed E-state index contributed by atoms with van der Waals surface area (Å²) < 4.78 is 13.4. The van der Waals surface area contributed by atoms with E-state index in [-0.39, 0.29) is 0 Å². The second-order valence-corrected chi connectivity index (χ2v) is 15.5. The topological polar surface area (TPSA) is 26.3 Å². The zero-order valence-electron chi connectivity index (χ0n) is 31.3. The van der Waals surface area contributed by atoms with E-state index < -0.39 is 0 Å². The molecule has 0 amide bonds. The summed E-state index contributed by atoms with van der Waals surface area (Å²) in [5.41, 5.74) is 12.9. The Morgan fingerprint density at radius 1 is 0.241 bits per heavy atom. The summed E-state index contributed by atoms with van der Waals surface area (Å²) in [6, 6.07) is 70.3. The van der Waals surface area contributed by atoms with E-state index in [9.17, 15) is 0 Å². The van der Waals surface area contributed by atoms with Gasteiger partial charge in [-0.1, -0.05) is 158 Å². The molecular formula is C56H32O2. The lowest BCUT2D eigenvalue weighted by molar-refractivity contribution is 0.670. The standard InChI is InChI=1S/C56H32O2/c1-2-11-33(12-3-1)39-16-8-13-35-29-34(23-26-40(35)39)38-30-36-24-27-43-49(47-19-9-17-45-41-14-4-6-21-51(41)57-55(45)47)32-50(44-28-25-37(31-38)53(36)54(43)44)48-20-10-18-46-42-15-5-7-22-52(42)58-56(46)48/h1-32H. The number of furan rings is 2. The van der Waals surface area contributed by atoms with Gasteiger partial charge in [-0.2, -0.15) is 0 Å². The molecule has 13 aromatic rings. The van der Waals surface area contributed by atoms with Gasteiger partial charge in [0.2, 0.25) is 0 Å². The minimum absolute atomic E-state index is 0.896. The molecular weight excluding hydrogens is 705 g/mol. The fourth-order valence-corrected chi connectivity index (χ4v) is 9.78. The lowest BCUT2D eigenvalue weighted by Crippen LogP contribution is -1.92. The molecule has 13 rings (SSSR count). The van der Waals surface area contributed by atoms with Gasteiger partial charge < -0.3 is 8.83 Å². The van der Waals surface area contributed by atoms with Gasteiger partial charge in [0.15, 0.2) is 0 Å².